The fourth-order valence-corrected chi connectivity index (χ4v) is 2.87. The van der Waals surface area contributed by atoms with Crippen LogP contribution in [-0.4, -0.2) is 33.3 Å². The molecule has 100 valence electrons. The summed E-state index contributed by atoms with van der Waals surface area (Å²) in [5.74, 6) is 0.0770. The van der Waals surface area contributed by atoms with Gasteiger partial charge >= 0.3 is 0 Å². The first-order chi connectivity index (χ1) is 9.11. The molecule has 1 aliphatic heterocycles. The van der Waals surface area contributed by atoms with E-state index in [-0.39, 0.29) is 5.78 Å². The number of Topliss-reactive ketones (excluding diaryl/α,β-unsaturated/α-hetero) is 1. The molecule has 0 amide bonds. The smallest absolute Gasteiger partial charge is 0.161 e. The molecule has 2 aromatic heterocycles. The molecule has 0 bridgehead atoms. The first-order valence-corrected chi connectivity index (χ1v) is 6.82. The molecule has 0 spiro atoms. The maximum Gasteiger partial charge on any atom is 0.161 e. The molecule has 0 N–H and O–H groups in total. The third kappa shape index (κ3) is 1.87. The van der Waals surface area contributed by atoms with Gasteiger partial charge in [0.1, 0.15) is 5.65 Å². The lowest BCUT2D eigenvalue weighted by atomic mass is 10.1. The van der Waals surface area contributed by atoms with Gasteiger partial charge in [-0.3, -0.25) is 9.69 Å². The second kappa shape index (κ2) is 4.46. The molecular weight excluding hydrogens is 238 g/mol. The third-order valence-corrected chi connectivity index (χ3v) is 4.15. The summed E-state index contributed by atoms with van der Waals surface area (Å²) in [7, 11) is 0. The van der Waals surface area contributed by atoms with Crippen LogP contribution in [0.1, 0.15) is 35.5 Å². The lowest BCUT2D eigenvalue weighted by Crippen LogP contribution is -2.33. The average molecular weight is 257 g/mol. The van der Waals surface area contributed by atoms with E-state index in [1.54, 1.807) is 13.1 Å². The summed E-state index contributed by atoms with van der Waals surface area (Å²) in [5.41, 5.74) is 4.33. The fraction of sp³-hybridized carbons (Fsp3) is 0.467. The fourth-order valence-electron chi connectivity index (χ4n) is 2.87. The average Bonchev–Trinajstić information content (AvgIpc) is 2.71. The van der Waals surface area contributed by atoms with Crippen LogP contribution >= 0.6 is 0 Å². The number of ketones is 1. The van der Waals surface area contributed by atoms with Crippen molar-refractivity contribution in [2.45, 2.75) is 33.9 Å². The van der Waals surface area contributed by atoms with Crippen LogP contribution in [0.15, 0.2) is 12.3 Å². The SMILES string of the molecule is CCN1CCn2c(c(C)c3cc(C(C)=O)cnc32)C1. The van der Waals surface area contributed by atoms with Gasteiger partial charge < -0.3 is 4.57 Å². The van der Waals surface area contributed by atoms with Crippen LogP contribution in [0.25, 0.3) is 11.0 Å². The highest BCUT2D eigenvalue weighted by Gasteiger charge is 2.22. The van der Waals surface area contributed by atoms with E-state index in [1.807, 2.05) is 6.07 Å². The number of carbonyl (C=O) groups is 1. The lowest BCUT2D eigenvalue weighted by molar-refractivity contribution is 0.101. The van der Waals surface area contributed by atoms with E-state index < -0.39 is 0 Å². The van der Waals surface area contributed by atoms with Crippen LogP contribution in [0, 0.1) is 6.92 Å². The number of likely N-dealkylation sites (N-methyl/N-ethyl adjacent to an activating group) is 1. The Labute approximate surface area is 113 Å². The van der Waals surface area contributed by atoms with Crippen LogP contribution in [-0.2, 0) is 13.1 Å². The van der Waals surface area contributed by atoms with Crippen LogP contribution < -0.4 is 0 Å². The van der Waals surface area contributed by atoms with Gasteiger partial charge in [-0.2, -0.15) is 0 Å². The molecule has 4 heteroatoms. The van der Waals surface area contributed by atoms with E-state index in [4.69, 9.17) is 0 Å². The number of hydrogen-bond donors (Lipinski definition) is 0. The largest absolute Gasteiger partial charge is 0.327 e. The van der Waals surface area contributed by atoms with E-state index in [0.717, 1.165) is 37.2 Å². The molecule has 0 saturated heterocycles. The third-order valence-electron chi connectivity index (χ3n) is 4.15. The van der Waals surface area contributed by atoms with Gasteiger partial charge in [-0.05, 0) is 32.0 Å². The van der Waals surface area contributed by atoms with Crippen molar-refractivity contribution in [3.8, 4) is 0 Å². The van der Waals surface area contributed by atoms with Gasteiger partial charge in [-0.25, -0.2) is 4.98 Å². The lowest BCUT2D eigenvalue weighted by Gasteiger charge is -2.27. The van der Waals surface area contributed by atoms with Gasteiger partial charge in [0.25, 0.3) is 0 Å². The summed E-state index contributed by atoms with van der Waals surface area (Å²) in [5, 5.41) is 1.13. The van der Waals surface area contributed by atoms with Crippen LogP contribution in [0.5, 0.6) is 0 Å². The Balaban J connectivity index is 2.18. The number of nitrogens with zero attached hydrogens (tertiary/aromatic N) is 3. The second-order valence-corrected chi connectivity index (χ2v) is 5.24. The zero-order chi connectivity index (χ0) is 13.6. The Morgan fingerprint density at radius 3 is 2.89 bits per heavy atom. The van der Waals surface area contributed by atoms with Crippen molar-refractivity contribution in [1.29, 1.82) is 0 Å². The molecule has 0 fully saturated rings. The minimum atomic E-state index is 0.0770. The zero-order valence-electron chi connectivity index (χ0n) is 11.7. The summed E-state index contributed by atoms with van der Waals surface area (Å²) < 4.78 is 2.31. The van der Waals surface area contributed by atoms with Gasteiger partial charge in [0.2, 0.25) is 0 Å². The van der Waals surface area contributed by atoms with Gasteiger partial charge in [0.05, 0.1) is 0 Å². The van der Waals surface area contributed by atoms with Crippen LogP contribution in [0.2, 0.25) is 0 Å². The van der Waals surface area contributed by atoms with E-state index in [0.29, 0.717) is 5.56 Å². The van der Waals surface area contributed by atoms with Gasteiger partial charge in [0, 0.05) is 42.5 Å². The molecule has 2 aromatic rings. The number of hydrogen-bond acceptors (Lipinski definition) is 3. The van der Waals surface area contributed by atoms with Gasteiger partial charge in [-0.1, -0.05) is 6.92 Å². The standard InChI is InChI=1S/C15H19N3O/c1-4-17-5-6-18-14(9-17)10(2)13-7-12(11(3)19)8-16-15(13)18/h7-8H,4-6,9H2,1-3H3. The predicted octanol–water partition coefficient (Wildman–Crippen LogP) is 2.38. The van der Waals surface area contributed by atoms with Gasteiger partial charge in [0.15, 0.2) is 5.78 Å². The molecule has 0 saturated carbocycles. The first kappa shape index (κ1) is 12.4. The zero-order valence-corrected chi connectivity index (χ0v) is 11.7. The second-order valence-electron chi connectivity index (χ2n) is 5.24. The normalized spacial score (nSPS) is 15.7. The molecule has 3 rings (SSSR count). The van der Waals surface area contributed by atoms with E-state index in [9.17, 15) is 4.79 Å². The molecule has 1 aliphatic rings. The van der Waals surface area contributed by atoms with Crippen molar-refractivity contribution >= 4 is 16.8 Å². The van der Waals surface area contributed by atoms with E-state index >= 15 is 0 Å². The molecule has 19 heavy (non-hydrogen) atoms. The summed E-state index contributed by atoms with van der Waals surface area (Å²) in [4.78, 5) is 18.4. The molecule has 0 unspecified atom stereocenters. The van der Waals surface area contributed by atoms with E-state index in [1.165, 1.54) is 11.3 Å². The Hall–Kier alpha value is -1.68. The summed E-state index contributed by atoms with van der Waals surface area (Å²) in [6, 6.07) is 1.99. The number of aryl methyl sites for hydroxylation is 1. The number of pyridine rings is 1. The van der Waals surface area contributed by atoms with Crippen molar-refractivity contribution in [3.63, 3.8) is 0 Å². The Morgan fingerprint density at radius 2 is 2.21 bits per heavy atom. The van der Waals surface area contributed by atoms with Crippen molar-refractivity contribution in [2.24, 2.45) is 0 Å². The van der Waals surface area contributed by atoms with Crippen molar-refractivity contribution < 1.29 is 4.79 Å². The van der Waals surface area contributed by atoms with Crippen LogP contribution in [0.3, 0.4) is 0 Å². The molecular formula is C15H19N3O. The number of fused-ring (bicyclic) bond motifs is 3. The predicted molar refractivity (Wildman–Crippen MR) is 75.4 cm³/mol. The Kier molecular flexibility index (Phi) is 2.90. The van der Waals surface area contributed by atoms with E-state index in [2.05, 4.69) is 28.3 Å². The molecule has 0 radical (unpaired) electrons. The Bertz CT molecular complexity index is 657. The Morgan fingerprint density at radius 1 is 1.42 bits per heavy atom. The monoisotopic (exact) mass is 257 g/mol. The van der Waals surface area contributed by atoms with Gasteiger partial charge in [-0.15, -0.1) is 0 Å². The summed E-state index contributed by atoms with van der Waals surface area (Å²) in [6.45, 7) is 10.0. The van der Waals surface area contributed by atoms with Crippen molar-refractivity contribution in [2.75, 3.05) is 13.1 Å². The van der Waals surface area contributed by atoms with Crippen molar-refractivity contribution in [3.05, 3.63) is 29.1 Å². The van der Waals surface area contributed by atoms with Crippen molar-refractivity contribution in [1.82, 2.24) is 14.5 Å². The molecule has 4 nitrogen and oxygen atoms in total. The highest BCUT2D eigenvalue weighted by Crippen LogP contribution is 2.28. The minimum absolute atomic E-state index is 0.0770. The van der Waals surface area contributed by atoms with Crippen LogP contribution in [0.4, 0.5) is 0 Å². The number of carbonyl (C=O) groups excluding carboxylic acids is 1. The molecule has 3 heterocycles. The number of aromatic nitrogens is 2. The summed E-state index contributed by atoms with van der Waals surface area (Å²) in [6.07, 6.45) is 1.70. The first-order valence-electron chi connectivity index (χ1n) is 6.82. The maximum absolute atomic E-state index is 11.5. The highest BCUT2D eigenvalue weighted by atomic mass is 16.1. The maximum atomic E-state index is 11.5. The number of rotatable bonds is 2. The quantitative estimate of drug-likeness (QED) is 0.775. The molecule has 0 aromatic carbocycles. The molecule has 0 aliphatic carbocycles. The minimum Gasteiger partial charge on any atom is -0.327 e. The molecule has 0 atom stereocenters. The highest BCUT2D eigenvalue weighted by molar-refractivity contribution is 5.97. The topological polar surface area (TPSA) is 38.1 Å². The summed E-state index contributed by atoms with van der Waals surface area (Å²) >= 11 is 0.